The summed E-state index contributed by atoms with van der Waals surface area (Å²) in [6.07, 6.45) is 0. The van der Waals surface area contributed by atoms with Crippen molar-refractivity contribution in [2.45, 2.75) is 19.4 Å². The van der Waals surface area contributed by atoms with E-state index in [0.29, 0.717) is 18.8 Å². The molecular weight excluding hydrogens is 294 g/mol. The Labute approximate surface area is 134 Å². The van der Waals surface area contributed by atoms with Crippen molar-refractivity contribution < 1.29 is 19.7 Å². The summed E-state index contributed by atoms with van der Waals surface area (Å²) in [6, 6.07) is 10.5. The molecule has 5 heteroatoms. The minimum Gasteiger partial charge on any atom is -0.508 e. The summed E-state index contributed by atoms with van der Waals surface area (Å²) < 4.78 is 5.22. The number of hydrogen-bond acceptors (Lipinski definition) is 4. The maximum Gasteiger partial charge on any atom is 0.219 e. The molecule has 2 N–H and O–H groups in total. The summed E-state index contributed by atoms with van der Waals surface area (Å²) in [5, 5.41) is 19.5. The van der Waals surface area contributed by atoms with Crippen LogP contribution < -0.4 is 4.74 Å². The van der Waals surface area contributed by atoms with Gasteiger partial charge < -0.3 is 19.8 Å². The number of amides is 1. The Balaban J connectivity index is 2.11. The SMILES string of the molecule is COc1cc2c(cc1O)CN(C(C)=O)CC2c1ccc(O)cc1. The number of nitrogens with zero attached hydrogens (tertiary/aromatic N) is 1. The summed E-state index contributed by atoms with van der Waals surface area (Å²) in [5.41, 5.74) is 2.94. The van der Waals surface area contributed by atoms with Gasteiger partial charge in [0.2, 0.25) is 5.91 Å². The van der Waals surface area contributed by atoms with E-state index in [0.717, 1.165) is 16.7 Å². The smallest absolute Gasteiger partial charge is 0.219 e. The zero-order chi connectivity index (χ0) is 16.6. The number of rotatable bonds is 2. The van der Waals surface area contributed by atoms with Crippen molar-refractivity contribution in [3.63, 3.8) is 0 Å². The molecule has 1 unspecified atom stereocenters. The van der Waals surface area contributed by atoms with Gasteiger partial charge in [0.1, 0.15) is 5.75 Å². The van der Waals surface area contributed by atoms with E-state index in [-0.39, 0.29) is 23.3 Å². The fourth-order valence-electron chi connectivity index (χ4n) is 3.07. The molecule has 0 spiro atoms. The minimum atomic E-state index is -0.0299. The van der Waals surface area contributed by atoms with Crippen molar-refractivity contribution in [1.29, 1.82) is 0 Å². The van der Waals surface area contributed by atoms with Crippen LogP contribution >= 0.6 is 0 Å². The third kappa shape index (κ3) is 2.82. The van der Waals surface area contributed by atoms with Crippen molar-refractivity contribution in [1.82, 2.24) is 4.90 Å². The average molecular weight is 313 g/mol. The lowest BCUT2D eigenvalue weighted by Crippen LogP contribution is -2.37. The standard InChI is InChI=1S/C18H19NO4/c1-11(20)19-9-13-7-17(22)18(23-2)8-15(13)16(10-19)12-3-5-14(21)6-4-12/h3-8,16,21-22H,9-10H2,1-2H3. The summed E-state index contributed by atoms with van der Waals surface area (Å²) in [4.78, 5) is 13.6. The zero-order valence-electron chi connectivity index (χ0n) is 13.1. The molecule has 0 aromatic heterocycles. The second-order valence-electron chi connectivity index (χ2n) is 5.77. The van der Waals surface area contributed by atoms with Gasteiger partial charge >= 0.3 is 0 Å². The molecular formula is C18H19NO4. The fourth-order valence-corrected chi connectivity index (χ4v) is 3.07. The molecule has 0 saturated heterocycles. The summed E-state index contributed by atoms with van der Waals surface area (Å²) in [5.74, 6) is 0.661. The Bertz CT molecular complexity index is 739. The van der Waals surface area contributed by atoms with Gasteiger partial charge in [0.25, 0.3) is 0 Å². The molecule has 1 amide bonds. The highest BCUT2D eigenvalue weighted by molar-refractivity contribution is 5.74. The largest absolute Gasteiger partial charge is 0.508 e. The van der Waals surface area contributed by atoms with Crippen LogP contribution in [-0.4, -0.2) is 34.7 Å². The fraction of sp³-hybridized carbons (Fsp3) is 0.278. The molecule has 2 aromatic carbocycles. The molecule has 0 saturated carbocycles. The molecule has 3 rings (SSSR count). The second-order valence-corrected chi connectivity index (χ2v) is 5.77. The van der Waals surface area contributed by atoms with Gasteiger partial charge in [-0.1, -0.05) is 12.1 Å². The van der Waals surface area contributed by atoms with E-state index in [1.807, 2.05) is 18.2 Å². The van der Waals surface area contributed by atoms with Crippen LogP contribution in [-0.2, 0) is 11.3 Å². The van der Waals surface area contributed by atoms with E-state index in [2.05, 4.69) is 0 Å². The summed E-state index contributed by atoms with van der Waals surface area (Å²) in [6.45, 7) is 2.57. The van der Waals surface area contributed by atoms with Gasteiger partial charge in [0, 0.05) is 25.9 Å². The van der Waals surface area contributed by atoms with Gasteiger partial charge in [-0.2, -0.15) is 0 Å². The monoisotopic (exact) mass is 313 g/mol. The van der Waals surface area contributed by atoms with Crippen LogP contribution in [0.1, 0.15) is 29.5 Å². The van der Waals surface area contributed by atoms with Crippen molar-refractivity contribution >= 4 is 5.91 Å². The van der Waals surface area contributed by atoms with Crippen LogP contribution in [0.4, 0.5) is 0 Å². The number of ether oxygens (including phenoxy) is 1. The number of aromatic hydroxyl groups is 2. The van der Waals surface area contributed by atoms with Gasteiger partial charge in [0.05, 0.1) is 7.11 Å². The summed E-state index contributed by atoms with van der Waals surface area (Å²) >= 11 is 0. The lowest BCUT2D eigenvalue weighted by atomic mass is 9.84. The van der Waals surface area contributed by atoms with Gasteiger partial charge in [-0.25, -0.2) is 0 Å². The molecule has 1 aliphatic rings. The van der Waals surface area contributed by atoms with Gasteiger partial charge in [0.15, 0.2) is 11.5 Å². The minimum absolute atomic E-state index is 0.00487. The lowest BCUT2D eigenvalue weighted by molar-refractivity contribution is -0.129. The van der Waals surface area contributed by atoms with E-state index in [1.165, 1.54) is 7.11 Å². The van der Waals surface area contributed by atoms with Gasteiger partial charge in [-0.3, -0.25) is 4.79 Å². The first-order valence-corrected chi connectivity index (χ1v) is 7.43. The molecule has 2 aromatic rings. The topological polar surface area (TPSA) is 70.0 Å². The van der Waals surface area contributed by atoms with Crippen LogP contribution in [0, 0.1) is 0 Å². The quantitative estimate of drug-likeness (QED) is 0.894. The number of hydrogen-bond donors (Lipinski definition) is 2. The third-order valence-corrected chi connectivity index (χ3v) is 4.32. The molecule has 0 bridgehead atoms. The van der Waals surface area contributed by atoms with Crippen molar-refractivity contribution in [3.05, 3.63) is 53.1 Å². The van der Waals surface area contributed by atoms with E-state index in [4.69, 9.17) is 4.74 Å². The van der Waals surface area contributed by atoms with E-state index in [1.54, 1.807) is 30.0 Å². The highest BCUT2D eigenvalue weighted by atomic mass is 16.5. The molecule has 1 heterocycles. The molecule has 0 radical (unpaired) electrons. The normalized spacial score (nSPS) is 16.8. The first-order valence-electron chi connectivity index (χ1n) is 7.43. The van der Waals surface area contributed by atoms with Crippen molar-refractivity contribution in [2.75, 3.05) is 13.7 Å². The van der Waals surface area contributed by atoms with Crippen LogP contribution in [0.15, 0.2) is 36.4 Å². The second kappa shape index (κ2) is 5.83. The molecule has 23 heavy (non-hydrogen) atoms. The molecule has 0 fully saturated rings. The number of carbonyl (C=O) groups is 1. The highest BCUT2D eigenvalue weighted by Crippen LogP contribution is 2.39. The number of phenols is 2. The average Bonchev–Trinajstić information content (AvgIpc) is 2.53. The maximum absolute atomic E-state index is 11.8. The van der Waals surface area contributed by atoms with Crippen LogP contribution in [0.2, 0.25) is 0 Å². The van der Waals surface area contributed by atoms with Crippen LogP contribution in [0.25, 0.3) is 0 Å². The predicted octanol–water partition coefficient (Wildman–Crippen LogP) is 2.60. The number of fused-ring (bicyclic) bond motifs is 1. The number of carbonyl (C=O) groups excluding carboxylic acids is 1. The Morgan fingerprint density at radius 3 is 2.52 bits per heavy atom. The molecule has 120 valence electrons. The molecule has 1 aliphatic heterocycles. The Morgan fingerprint density at radius 2 is 1.91 bits per heavy atom. The first kappa shape index (κ1) is 15.2. The van der Waals surface area contributed by atoms with Gasteiger partial charge in [-0.05, 0) is 41.0 Å². The lowest BCUT2D eigenvalue weighted by Gasteiger charge is -2.35. The van der Waals surface area contributed by atoms with Crippen LogP contribution in [0.3, 0.4) is 0 Å². The van der Waals surface area contributed by atoms with Gasteiger partial charge in [-0.15, -0.1) is 0 Å². The summed E-state index contributed by atoms with van der Waals surface area (Å²) in [7, 11) is 1.52. The predicted molar refractivity (Wildman–Crippen MR) is 85.7 cm³/mol. The number of benzene rings is 2. The molecule has 5 nitrogen and oxygen atoms in total. The van der Waals surface area contributed by atoms with Crippen molar-refractivity contribution in [2.24, 2.45) is 0 Å². The van der Waals surface area contributed by atoms with E-state index >= 15 is 0 Å². The van der Waals surface area contributed by atoms with E-state index in [9.17, 15) is 15.0 Å². The molecule has 0 aliphatic carbocycles. The first-order chi connectivity index (χ1) is 11.0. The Hall–Kier alpha value is -2.69. The van der Waals surface area contributed by atoms with Crippen molar-refractivity contribution in [3.8, 4) is 17.2 Å². The Morgan fingerprint density at radius 1 is 1.22 bits per heavy atom. The van der Waals surface area contributed by atoms with E-state index < -0.39 is 0 Å². The number of phenolic OH excluding ortho intramolecular Hbond substituents is 2. The zero-order valence-corrected chi connectivity index (χ0v) is 13.1. The third-order valence-electron chi connectivity index (χ3n) is 4.32. The maximum atomic E-state index is 11.8. The van der Waals surface area contributed by atoms with Crippen LogP contribution in [0.5, 0.6) is 17.2 Å². The molecule has 1 atom stereocenters. The Kier molecular flexibility index (Phi) is 3.86. The number of methoxy groups -OCH3 is 1. The highest BCUT2D eigenvalue weighted by Gasteiger charge is 2.29.